The summed E-state index contributed by atoms with van der Waals surface area (Å²) >= 11 is 0. The van der Waals surface area contributed by atoms with Gasteiger partial charge in [0.25, 0.3) is 0 Å². The number of nitrogens with zero attached hydrogens (tertiary/aromatic N) is 1. The third kappa shape index (κ3) is 5.47. The highest BCUT2D eigenvalue weighted by molar-refractivity contribution is 5.79. The molecule has 0 aromatic heterocycles. The smallest absolute Gasteiger partial charge is 0.191 e. The largest absolute Gasteiger partial charge is 0.357 e. The van der Waals surface area contributed by atoms with Gasteiger partial charge < -0.3 is 10.6 Å². The molecule has 1 atom stereocenters. The predicted octanol–water partition coefficient (Wildman–Crippen LogP) is 3.17. The van der Waals surface area contributed by atoms with E-state index in [0.717, 1.165) is 25.6 Å². The Hall–Kier alpha value is -1.77. The minimum absolute atomic E-state index is 0.440. The van der Waals surface area contributed by atoms with Crippen LogP contribution in [0.15, 0.2) is 48.0 Å². The molecule has 2 N–H and O–H groups in total. The highest BCUT2D eigenvalue weighted by atomic mass is 15.2. The van der Waals surface area contributed by atoms with E-state index in [1.807, 2.05) is 6.08 Å². The van der Waals surface area contributed by atoms with Gasteiger partial charge in [0.05, 0.1) is 0 Å². The van der Waals surface area contributed by atoms with Crippen LogP contribution in [-0.4, -0.2) is 25.6 Å². The molecule has 0 aliphatic rings. The Kier molecular flexibility index (Phi) is 7.48. The molecule has 0 saturated carbocycles. The molecule has 3 nitrogen and oxygen atoms in total. The molecule has 0 heterocycles. The van der Waals surface area contributed by atoms with Gasteiger partial charge in [0.1, 0.15) is 0 Å². The van der Waals surface area contributed by atoms with Gasteiger partial charge in [-0.2, -0.15) is 0 Å². The van der Waals surface area contributed by atoms with E-state index in [-0.39, 0.29) is 0 Å². The van der Waals surface area contributed by atoms with Gasteiger partial charge in [0, 0.05) is 25.6 Å². The third-order valence-corrected chi connectivity index (χ3v) is 3.24. The van der Waals surface area contributed by atoms with E-state index in [4.69, 9.17) is 4.99 Å². The summed E-state index contributed by atoms with van der Waals surface area (Å²) in [5, 5.41) is 6.49. The van der Waals surface area contributed by atoms with Gasteiger partial charge in [-0.05, 0) is 18.4 Å². The molecule has 0 spiro atoms. The lowest BCUT2D eigenvalue weighted by Crippen LogP contribution is -2.37. The van der Waals surface area contributed by atoms with Crippen molar-refractivity contribution in [2.75, 3.05) is 19.6 Å². The first-order valence-electron chi connectivity index (χ1n) is 7.37. The molecule has 1 rings (SSSR count). The molecular weight excluding hydrogens is 246 g/mol. The maximum Gasteiger partial charge on any atom is 0.191 e. The van der Waals surface area contributed by atoms with E-state index < -0.39 is 0 Å². The fraction of sp³-hybridized carbons (Fsp3) is 0.471. The van der Waals surface area contributed by atoms with Crippen LogP contribution >= 0.6 is 0 Å². The average molecular weight is 273 g/mol. The SMILES string of the molecule is C=CCNC(=NCC(c1ccccc1)C(C)C)NCC. The van der Waals surface area contributed by atoms with E-state index in [1.165, 1.54) is 5.56 Å². The Morgan fingerprint density at radius 3 is 2.50 bits per heavy atom. The Balaban J connectivity index is 2.76. The second-order valence-corrected chi connectivity index (χ2v) is 5.15. The number of hydrogen-bond acceptors (Lipinski definition) is 1. The van der Waals surface area contributed by atoms with Crippen LogP contribution in [0.3, 0.4) is 0 Å². The number of aliphatic imine (C=N–C) groups is 1. The van der Waals surface area contributed by atoms with Gasteiger partial charge in [0.2, 0.25) is 0 Å². The van der Waals surface area contributed by atoms with Gasteiger partial charge in [-0.3, -0.25) is 4.99 Å². The maximum absolute atomic E-state index is 4.70. The molecule has 0 amide bonds. The summed E-state index contributed by atoms with van der Waals surface area (Å²) in [6.07, 6.45) is 1.84. The van der Waals surface area contributed by atoms with Gasteiger partial charge in [-0.25, -0.2) is 0 Å². The lowest BCUT2D eigenvalue weighted by atomic mass is 9.88. The lowest BCUT2D eigenvalue weighted by Gasteiger charge is -2.20. The van der Waals surface area contributed by atoms with Crippen molar-refractivity contribution < 1.29 is 0 Å². The summed E-state index contributed by atoms with van der Waals surface area (Å²) in [5.74, 6) is 1.85. The third-order valence-electron chi connectivity index (χ3n) is 3.24. The molecule has 3 heteroatoms. The highest BCUT2D eigenvalue weighted by Crippen LogP contribution is 2.24. The Bertz CT molecular complexity index is 410. The van der Waals surface area contributed by atoms with Crippen molar-refractivity contribution >= 4 is 5.96 Å². The molecule has 1 aromatic rings. The first-order valence-corrected chi connectivity index (χ1v) is 7.37. The molecule has 0 radical (unpaired) electrons. The van der Waals surface area contributed by atoms with Gasteiger partial charge >= 0.3 is 0 Å². The molecule has 1 aromatic carbocycles. The molecular formula is C17H27N3. The number of benzene rings is 1. The fourth-order valence-electron chi connectivity index (χ4n) is 2.10. The van der Waals surface area contributed by atoms with E-state index in [9.17, 15) is 0 Å². The van der Waals surface area contributed by atoms with Crippen LogP contribution in [0.2, 0.25) is 0 Å². The van der Waals surface area contributed by atoms with Crippen molar-refractivity contribution in [3.63, 3.8) is 0 Å². The molecule has 0 saturated heterocycles. The quantitative estimate of drug-likeness (QED) is 0.455. The first-order chi connectivity index (χ1) is 9.69. The Morgan fingerprint density at radius 1 is 1.25 bits per heavy atom. The van der Waals surface area contributed by atoms with Gasteiger partial charge in [-0.15, -0.1) is 6.58 Å². The van der Waals surface area contributed by atoms with Crippen molar-refractivity contribution in [1.29, 1.82) is 0 Å². The summed E-state index contributed by atoms with van der Waals surface area (Å²) in [7, 11) is 0. The monoisotopic (exact) mass is 273 g/mol. The second-order valence-electron chi connectivity index (χ2n) is 5.15. The van der Waals surface area contributed by atoms with Crippen LogP contribution in [0.25, 0.3) is 0 Å². The summed E-state index contributed by atoms with van der Waals surface area (Å²) in [5.41, 5.74) is 1.35. The van der Waals surface area contributed by atoms with Crippen LogP contribution in [0.1, 0.15) is 32.3 Å². The van der Waals surface area contributed by atoms with Crippen LogP contribution in [0.5, 0.6) is 0 Å². The number of hydrogen-bond donors (Lipinski definition) is 2. The summed E-state index contributed by atoms with van der Waals surface area (Å²) in [4.78, 5) is 4.70. The maximum atomic E-state index is 4.70. The minimum Gasteiger partial charge on any atom is -0.357 e. The Labute approximate surface area is 123 Å². The normalized spacial score (nSPS) is 13.1. The van der Waals surface area contributed by atoms with Crippen molar-refractivity contribution in [2.24, 2.45) is 10.9 Å². The first kappa shape index (κ1) is 16.3. The summed E-state index contributed by atoms with van der Waals surface area (Å²) in [6.45, 7) is 12.7. The van der Waals surface area contributed by atoms with Crippen LogP contribution < -0.4 is 10.6 Å². The predicted molar refractivity (Wildman–Crippen MR) is 88.2 cm³/mol. The van der Waals surface area contributed by atoms with Crippen molar-refractivity contribution in [2.45, 2.75) is 26.7 Å². The Morgan fingerprint density at radius 2 is 1.95 bits per heavy atom. The standard InChI is InChI=1S/C17H27N3/c1-5-12-19-17(18-6-2)20-13-16(14(3)4)15-10-8-7-9-11-15/h5,7-11,14,16H,1,6,12-13H2,2-4H3,(H2,18,19,20). The van der Waals surface area contributed by atoms with Crippen molar-refractivity contribution in [3.8, 4) is 0 Å². The average Bonchev–Trinajstić information content (AvgIpc) is 2.45. The van der Waals surface area contributed by atoms with Crippen molar-refractivity contribution in [1.82, 2.24) is 10.6 Å². The summed E-state index contributed by atoms with van der Waals surface area (Å²) in [6, 6.07) is 10.6. The zero-order chi connectivity index (χ0) is 14.8. The van der Waals surface area contributed by atoms with E-state index in [2.05, 4.69) is 68.3 Å². The van der Waals surface area contributed by atoms with E-state index >= 15 is 0 Å². The number of rotatable bonds is 7. The van der Waals surface area contributed by atoms with Crippen LogP contribution in [0.4, 0.5) is 0 Å². The topological polar surface area (TPSA) is 36.4 Å². The molecule has 0 bridgehead atoms. The second kappa shape index (κ2) is 9.18. The molecule has 0 aliphatic carbocycles. The van der Waals surface area contributed by atoms with Gasteiger partial charge in [-0.1, -0.05) is 50.3 Å². The molecule has 0 fully saturated rings. The van der Waals surface area contributed by atoms with E-state index in [1.54, 1.807) is 0 Å². The van der Waals surface area contributed by atoms with Gasteiger partial charge in [0.15, 0.2) is 5.96 Å². The summed E-state index contributed by atoms with van der Waals surface area (Å²) < 4.78 is 0. The van der Waals surface area contributed by atoms with Crippen LogP contribution in [0, 0.1) is 5.92 Å². The number of nitrogens with one attached hydrogen (secondary N) is 2. The molecule has 20 heavy (non-hydrogen) atoms. The van der Waals surface area contributed by atoms with Crippen LogP contribution in [-0.2, 0) is 0 Å². The van der Waals surface area contributed by atoms with Crippen molar-refractivity contribution in [3.05, 3.63) is 48.6 Å². The fourth-order valence-corrected chi connectivity index (χ4v) is 2.10. The zero-order valence-corrected chi connectivity index (χ0v) is 12.9. The number of guanidine groups is 1. The highest BCUT2D eigenvalue weighted by Gasteiger charge is 2.15. The lowest BCUT2D eigenvalue weighted by molar-refractivity contribution is 0.506. The van der Waals surface area contributed by atoms with E-state index in [0.29, 0.717) is 11.8 Å². The molecule has 1 unspecified atom stereocenters. The molecule has 110 valence electrons. The zero-order valence-electron chi connectivity index (χ0n) is 12.9. The molecule has 0 aliphatic heterocycles. The minimum atomic E-state index is 0.440.